The average molecular weight is 280 g/mol. The Balaban J connectivity index is 1.76. The fourth-order valence-electron chi connectivity index (χ4n) is 2.40. The Bertz CT molecular complexity index is 428. The molecule has 2 rings (SSSR count). The molecule has 0 unspecified atom stereocenters. The first kappa shape index (κ1) is 14.5. The quantitative estimate of drug-likeness (QED) is 0.919. The number of nitrogens with zero attached hydrogens (tertiary/aromatic N) is 1. The Kier molecular flexibility index (Phi) is 4.61. The summed E-state index contributed by atoms with van der Waals surface area (Å²) in [6.07, 6.45) is 5.40. The van der Waals surface area contributed by atoms with Crippen LogP contribution < -0.4 is 5.32 Å². The molecule has 0 bridgehead atoms. The van der Waals surface area contributed by atoms with Gasteiger partial charge in [0.15, 0.2) is 0 Å². The lowest BCUT2D eigenvalue weighted by atomic mass is 9.93. The number of aromatic nitrogens is 1. The maximum absolute atomic E-state index is 11.9. The molecule has 1 saturated carbocycles. The highest BCUT2D eigenvalue weighted by Gasteiger charge is 2.22. The van der Waals surface area contributed by atoms with Gasteiger partial charge in [0.25, 0.3) is 0 Å². The third kappa shape index (κ3) is 4.03. The van der Waals surface area contributed by atoms with Gasteiger partial charge in [-0.3, -0.25) is 4.79 Å². The molecule has 0 radical (unpaired) electrons. The van der Waals surface area contributed by atoms with Crippen LogP contribution in [-0.4, -0.2) is 17.4 Å². The molecule has 0 saturated heterocycles. The minimum Gasteiger partial charge on any atom is -0.355 e. The van der Waals surface area contributed by atoms with Crippen molar-refractivity contribution < 1.29 is 4.79 Å². The summed E-state index contributed by atoms with van der Waals surface area (Å²) >= 11 is 1.70. The third-order valence-electron chi connectivity index (χ3n) is 3.68. The van der Waals surface area contributed by atoms with Crippen LogP contribution in [-0.2, 0) is 16.6 Å². The molecule has 1 amide bonds. The van der Waals surface area contributed by atoms with Crippen molar-refractivity contribution in [1.29, 1.82) is 0 Å². The number of hydrogen-bond acceptors (Lipinski definition) is 3. The van der Waals surface area contributed by atoms with E-state index in [0.29, 0.717) is 6.54 Å². The van der Waals surface area contributed by atoms with Crippen molar-refractivity contribution in [3.8, 4) is 0 Å². The third-order valence-corrected chi connectivity index (χ3v) is 4.59. The second-order valence-electron chi connectivity index (χ2n) is 6.40. The first-order valence-corrected chi connectivity index (χ1v) is 8.07. The van der Waals surface area contributed by atoms with Crippen LogP contribution in [0.3, 0.4) is 0 Å². The van der Waals surface area contributed by atoms with Crippen molar-refractivity contribution in [2.75, 3.05) is 6.54 Å². The molecule has 1 fully saturated rings. The van der Waals surface area contributed by atoms with E-state index < -0.39 is 0 Å². The maximum atomic E-state index is 11.9. The maximum Gasteiger partial charge on any atom is 0.223 e. The summed E-state index contributed by atoms with van der Waals surface area (Å²) < 4.78 is 0. The van der Waals surface area contributed by atoms with Gasteiger partial charge in [0.1, 0.15) is 0 Å². The van der Waals surface area contributed by atoms with Gasteiger partial charge in [-0.15, -0.1) is 11.3 Å². The minimum absolute atomic E-state index is 0.113. The summed E-state index contributed by atoms with van der Waals surface area (Å²) in [5.41, 5.74) is 1.26. The van der Waals surface area contributed by atoms with Gasteiger partial charge >= 0.3 is 0 Å². The van der Waals surface area contributed by atoms with Gasteiger partial charge in [0, 0.05) is 29.7 Å². The smallest absolute Gasteiger partial charge is 0.223 e. The largest absolute Gasteiger partial charge is 0.355 e. The predicted molar refractivity (Wildman–Crippen MR) is 79.5 cm³/mol. The molecule has 1 aliphatic carbocycles. The molecule has 1 aromatic rings. The van der Waals surface area contributed by atoms with E-state index in [9.17, 15) is 4.79 Å². The van der Waals surface area contributed by atoms with Crippen molar-refractivity contribution in [1.82, 2.24) is 10.3 Å². The standard InChI is InChI=1S/C15H24N2OS/c1-15(2,3)12-10-19-13(17-12)8-9-16-14(18)11-6-4-5-7-11/h10-11H,4-9H2,1-3H3,(H,16,18). The van der Waals surface area contributed by atoms with Crippen LogP contribution in [0.1, 0.15) is 57.2 Å². The number of rotatable bonds is 4. The molecule has 0 aromatic carbocycles. The lowest BCUT2D eigenvalue weighted by molar-refractivity contribution is -0.124. The predicted octanol–water partition coefficient (Wildman–Crippen LogP) is 3.29. The van der Waals surface area contributed by atoms with Crippen LogP contribution in [0, 0.1) is 5.92 Å². The molecule has 1 aliphatic rings. The molecule has 3 nitrogen and oxygen atoms in total. The molecular weight excluding hydrogens is 256 g/mol. The van der Waals surface area contributed by atoms with Gasteiger partial charge in [-0.25, -0.2) is 4.98 Å². The fourth-order valence-corrected chi connectivity index (χ4v) is 3.42. The summed E-state index contributed by atoms with van der Waals surface area (Å²) in [5.74, 6) is 0.506. The van der Waals surface area contributed by atoms with E-state index in [1.165, 1.54) is 12.8 Å². The van der Waals surface area contributed by atoms with Gasteiger partial charge < -0.3 is 5.32 Å². The zero-order valence-electron chi connectivity index (χ0n) is 12.2. The van der Waals surface area contributed by atoms with Gasteiger partial charge in [-0.05, 0) is 12.8 Å². The summed E-state index contributed by atoms with van der Waals surface area (Å²) in [5, 5.41) is 6.30. The fraction of sp³-hybridized carbons (Fsp3) is 0.733. The van der Waals surface area contributed by atoms with Gasteiger partial charge in [-0.2, -0.15) is 0 Å². The molecular formula is C15H24N2OS. The van der Waals surface area contributed by atoms with Gasteiger partial charge in [0.05, 0.1) is 10.7 Å². The van der Waals surface area contributed by atoms with Crippen LogP contribution in [0.15, 0.2) is 5.38 Å². The Labute approximate surface area is 119 Å². The number of hydrogen-bond donors (Lipinski definition) is 1. The molecule has 0 spiro atoms. The van der Waals surface area contributed by atoms with Gasteiger partial charge in [-0.1, -0.05) is 33.6 Å². The van der Waals surface area contributed by atoms with E-state index in [0.717, 1.165) is 30.0 Å². The second-order valence-corrected chi connectivity index (χ2v) is 7.34. The van der Waals surface area contributed by atoms with Crippen LogP contribution in [0.25, 0.3) is 0 Å². The minimum atomic E-state index is 0.113. The Hall–Kier alpha value is -0.900. The molecule has 19 heavy (non-hydrogen) atoms. The SMILES string of the molecule is CC(C)(C)c1csc(CCNC(=O)C2CCCC2)n1. The van der Waals surface area contributed by atoms with E-state index in [4.69, 9.17) is 0 Å². The number of thiazole rings is 1. The lowest BCUT2D eigenvalue weighted by Crippen LogP contribution is -2.30. The van der Waals surface area contributed by atoms with E-state index in [2.05, 4.69) is 36.5 Å². The van der Waals surface area contributed by atoms with Crippen molar-refractivity contribution in [3.05, 3.63) is 16.1 Å². The van der Waals surface area contributed by atoms with Crippen LogP contribution in [0.5, 0.6) is 0 Å². The second kappa shape index (κ2) is 6.04. The highest BCUT2D eigenvalue weighted by atomic mass is 32.1. The van der Waals surface area contributed by atoms with E-state index in [1.807, 2.05) is 0 Å². The van der Waals surface area contributed by atoms with Crippen LogP contribution >= 0.6 is 11.3 Å². The first-order chi connectivity index (χ1) is 8.97. The van der Waals surface area contributed by atoms with Crippen molar-refractivity contribution in [3.63, 3.8) is 0 Å². The summed E-state index contributed by atoms with van der Waals surface area (Å²) in [4.78, 5) is 16.5. The molecule has 1 N–H and O–H groups in total. The molecule has 0 atom stereocenters. The lowest BCUT2D eigenvalue weighted by Gasteiger charge is -2.14. The number of carbonyl (C=O) groups excluding carboxylic acids is 1. The Morgan fingerprint density at radius 2 is 2.11 bits per heavy atom. The van der Waals surface area contributed by atoms with Crippen LogP contribution in [0.2, 0.25) is 0 Å². The van der Waals surface area contributed by atoms with Gasteiger partial charge in [0.2, 0.25) is 5.91 Å². The number of carbonyl (C=O) groups is 1. The molecule has 0 aliphatic heterocycles. The molecule has 106 valence electrons. The topological polar surface area (TPSA) is 42.0 Å². The summed E-state index contributed by atoms with van der Waals surface area (Å²) in [7, 11) is 0. The van der Waals surface area contributed by atoms with Crippen molar-refractivity contribution in [2.45, 2.75) is 58.3 Å². The van der Waals surface area contributed by atoms with Crippen molar-refractivity contribution >= 4 is 17.2 Å². The molecule has 4 heteroatoms. The number of amides is 1. The van der Waals surface area contributed by atoms with Crippen LogP contribution in [0.4, 0.5) is 0 Å². The normalized spacial score (nSPS) is 16.8. The van der Waals surface area contributed by atoms with E-state index in [-0.39, 0.29) is 17.2 Å². The zero-order chi connectivity index (χ0) is 13.9. The summed E-state index contributed by atoms with van der Waals surface area (Å²) in [6, 6.07) is 0. The Morgan fingerprint density at radius 3 is 2.68 bits per heavy atom. The average Bonchev–Trinajstić information content (AvgIpc) is 2.99. The highest BCUT2D eigenvalue weighted by molar-refractivity contribution is 7.09. The molecule has 1 aromatic heterocycles. The van der Waals surface area contributed by atoms with E-state index in [1.54, 1.807) is 11.3 Å². The zero-order valence-corrected chi connectivity index (χ0v) is 13.0. The highest BCUT2D eigenvalue weighted by Crippen LogP contribution is 2.25. The Morgan fingerprint density at radius 1 is 1.42 bits per heavy atom. The number of nitrogens with one attached hydrogen (secondary N) is 1. The summed E-state index contributed by atoms with van der Waals surface area (Å²) in [6.45, 7) is 7.24. The first-order valence-electron chi connectivity index (χ1n) is 7.19. The van der Waals surface area contributed by atoms with Crippen molar-refractivity contribution in [2.24, 2.45) is 5.92 Å². The van der Waals surface area contributed by atoms with E-state index >= 15 is 0 Å². The monoisotopic (exact) mass is 280 g/mol. The molecule has 1 heterocycles.